The number of methoxy groups -OCH3 is 1. The lowest BCUT2D eigenvalue weighted by Crippen LogP contribution is -2.19. The molecule has 178 valence electrons. The molecule has 0 atom stereocenters. The first-order valence-corrected chi connectivity index (χ1v) is 11.5. The van der Waals surface area contributed by atoms with Crippen LogP contribution < -0.4 is 10.3 Å². The SMILES string of the molecule is COc1ccc(-c2[nH]n(-c3ccc(F)cc3)c(=O)c2C(C)=Nc2ccccc2-c2ccccc2)cc1. The van der Waals surface area contributed by atoms with E-state index in [4.69, 9.17) is 9.73 Å². The molecule has 1 N–H and O–H groups in total. The molecule has 0 aliphatic heterocycles. The molecule has 0 aliphatic rings. The average molecular weight is 478 g/mol. The number of rotatable bonds is 6. The molecule has 0 fully saturated rings. The van der Waals surface area contributed by atoms with Crippen molar-refractivity contribution in [3.05, 3.63) is 125 Å². The molecule has 1 aromatic heterocycles. The Hall–Kier alpha value is -4.71. The molecule has 5 aromatic rings. The Labute approximate surface area is 208 Å². The molecule has 4 aromatic carbocycles. The number of nitrogens with zero attached hydrogens (tertiary/aromatic N) is 2. The Bertz CT molecular complexity index is 1580. The van der Waals surface area contributed by atoms with Crippen LogP contribution in [0.1, 0.15) is 12.5 Å². The normalized spacial score (nSPS) is 11.5. The summed E-state index contributed by atoms with van der Waals surface area (Å²) in [5.41, 5.74) is 5.44. The van der Waals surface area contributed by atoms with Gasteiger partial charge in [0.25, 0.3) is 5.56 Å². The van der Waals surface area contributed by atoms with Gasteiger partial charge in [-0.15, -0.1) is 0 Å². The number of halogens is 1. The molecule has 1 heterocycles. The first kappa shape index (κ1) is 23.1. The molecule has 0 spiro atoms. The fraction of sp³-hybridized carbons (Fsp3) is 0.0667. The van der Waals surface area contributed by atoms with Crippen molar-refractivity contribution in [2.75, 3.05) is 7.11 Å². The summed E-state index contributed by atoms with van der Waals surface area (Å²) in [6.07, 6.45) is 0. The average Bonchev–Trinajstić information content (AvgIpc) is 3.27. The van der Waals surface area contributed by atoms with Gasteiger partial charge in [0.15, 0.2) is 0 Å². The number of hydrogen-bond donors (Lipinski definition) is 1. The van der Waals surface area contributed by atoms with Crippen molar-refractivity contribution in [2.24, 2.45) is 4.99 Å². The molecule has 5 rings (SSSR count). The highest BCUT2D eigenvalue weighted by molar-refractivity contribution is 6.05. The molecule has 0 radical (unpaired) electrons. The van der Waals surface area contributed by atoms with Gasteiger partial charge in [-0.25, -0.2) is 9.07 Å². The van der Waals surface area contributed by atoms with Crippen molar-refractivity contribution in [3.63, 3.8) is 0 Å². The van der Waals surface area contributed by atoms with E-state index in [0.29, 0.717) is 28.4 Å². The van der Waals surface area contributed by atoms with Crippen LogP contribution in [0.15, 0.2) is 113 Å². The van der Waals surface area contributed by atoms with Crippen LogP contribution >= 0.6 is 0 Å². The van der Waals surface area contributed by atoms with Crippen LogP contribution in [0, 0.1) is 5.82 Å². The van der Waals surface area contributed by atoms with Crippen molar-refractivity contribution in [2.45, 2.75) is 6.92 Å². The Balaban J connectivity index is 1.68. The lowest BCUT2D eigenvalue weighted by molar-refractivity contribution is 0.415. The molecular weight excluding hydrogens is 453 g/mol. The summed E-state index contributed by atoms with van der Waals surface area (Å²) in [5, 5.41) is 3.21. The molecular formula is C30H24FN3O2. The van der Waals surface area contributed by atoms with Gasteiger partial charge in [-0.05, 0) is 67.1 Å². The second-order valence-electron chi connectivity index (χ2n) is 8.29. The van der Waals surface area contributed by atoms with Gasteiger partial charge in [0.2, 0.25) is 0 Å². The van der Waals surface area contributed by atoms with Crippen molar-refractivity contribution < 1.29 is 9.13 Å². The second-order valence-corrected chi connectivity index (χ2v) is 8.29. The molecule has 36 heavy (non-hydrogen) atoms. The quantitative estimate of drug-likeness (QED) is 0.274. The lowest BCUT2D eigenvalue weighted by atomic mass is 10.0. The highest BCUT2D eigenvalue weighted by Gasteiger charge is 2.20. The van der Waals surface area contributed by atoms with Gasteiger partial charge < -0.3 is 4.74 Å². The molecule has 0 aliphatic carbocycles. The highest BCUT2D eigenvalue weighted by Crippen LogP contribution is 2.31. The largest absolute Gasteiger partial charge is 0.497 e. The highest BCUT2D eigenvalue weighted by atomic mass is 19.1. The predicted octanol–water partition coefficient (Wildman–Crippen LogP) is 6.79. The van der Waals surface area contributed by atoms with E-state index in [-0.39, 0.29) is 11.4 Å². The maximum Gasteiger partial charge on any atom is 0.280 e. The zero-order chi connectivity index (χ0) is 25.1. The first-order chi connectivity index (χ1) is 17.5. The minimum atomic E-state index is -0.371. The fourth-order valence-electron chi connectivity index (χ4n) is 4.18. The Morgan fingerprint density at radius 2 is 1.50 bits per heavy atom. The summed E-state index contributed by atoms with van der Waals surface area (Å²) in [5.74, 6) is 0.340. The van der Waals surface area contributed by atoms with Crippen molar-refractivity contribution in [1.29, 1.82) is 0 Å². The lowest BCUT2D eigenvalue weighted by Gasteiger charge is -2.08. The van der Waals surface area contributed by atoms with Gasteiger partial charge in [0, 0.05) is 11.1 Å². The summed E-state index contributed by atoms with van der Waals surface area (Å²) >= 11 is 0. The van der Waals surface area contributed by atoms with Crippen molar-refractivity contribution in [1.82, 2.24) is 9.78 Å². The van der Waals surface area contributed by atoms with Gasteiger partial charge in [0.05, 0.1) is 35.5 Å². The van der Waals surface area contributed by atoms with Gasteiger partial charge in [-0.1, -0.05) is 48.5 Å². The van der Waals surface area contributed by atoms with E-state index in [1.807, 2.05) is 85.8 Å². The number of aromatic nitrogens is 2. The number of ether oxygens (including phenoxy) is 1. The number of aliphatic imine (C=N–C) groups is 1. The van der Waals surface area contributed by atoms with E-state index in [9.17, 15) is 9.18 Å². The number of nitrogens with one attached hydrogen (secondary N) is 1. The van der Waals surface area contributed by atoms with E-state index < -0.39 is 0 Å². The third-order valence-electron chi connectivity index (χ3n) is 5.99. The second kappa shape index (κ2) is 9.88. The Morgan fingerprint density at radius 1 is 0.833 bits per heavy atom. The molecule has 6 heteroatoms. The molecule has 0 saturated carbocycles. The van der Waals surface area contributed by atoms with Gasteiger partial charge in [-0.3, -0.25) is 14.9 Å². The standard InChI is InChI=1S/C30H24FN3O2/c1-20(32-27-11-7-6-10-26(27)21-8-4-3-5-9-21)28-29(22-12-18-25(36-2)19-13-22)33-34(30(28)35)24-16-14-23(31)15-17-24/h3-19,33H,1-2H3. The zero-order valence-corrected chi connectivity index (χ0v) is 19.9. The maximum absolute atomic E-state index is 13.7. The smallest absolute Gasteiger partial charge is 0.280 e. The monoisotopic (exact) mass is 477 g/mol. The van der Waals surface area contributed by atoms with Gasteiger partial charge in [0.1, 0.15) is 11.6 Å². The molecule has 0 saturated heterocycles. The summed E-state index contributed by atoms with van der Waals surface area (Å²) in [6, 6.07) is 31.1. The number of aromatic amines is 1. The molecule has 0 unspecified atom stereocenters. The first-order valence-electron chi connectivity index (χ1n) is 11.5. The summed E-state index contributed by atoms with van der Waals surface area (Å²) in [6.45, 7) is 1.83. The van der Waals surface area contributed by atoms with Gasteiger partial charge >= 0.3 is 0 Å². The summed E-state index contributed by atoms with van der Waals surface area (Å²) in [4.78, 5) is 18.6. The predicted molar refractivity (Wildman–Crippen MR) is 142 cm³/mol. The van der Waals surface area contributed by atoms with Crippen LogP contribution in [0.4, 0.5) is 10.1 Å². The fourth-order valence-corrected chi connectivity index (χ4v) is 4.18. The number of para-hydroxylation sites is 1. The van der Waals surface area contributed by atoms with E-state index >= 15 is 0 Å². The third kappa shape index (κ3) is 4.49. The topological polar surface area (TPSA) is 59.4 Å². The van der Waals surface area contributed by atoms with E-state index in [1.165, 1.54) is 16.8 Å². The van der Waals surface area contributed by atoms with Crippen LogP contribution in [0.2, 0.25) is 0 Å². The molecule has 0 bridgehead atoms. The van der Waals surface area contributed by atoms with E-state index in [2.05, 4.69) is 5.10 Å². The van der Waals surface area contributed by atoms with E-state index in [1.54, 1.807) is 19.2 Å². The van der Waals surface area contributed by atoms with E-state index in [0.717, 1.165) is 22.4 Å². The molecule has 0 amide bonds. The zero-order valence-electron chi connectivity index (χ0n) is 19.9. The summed E-state index contributed by atoms with van der Waals surface area (Å²) < 4.78 is 20.2. The van der Waals surface area contributed by atoms with Crippen LogP contribution in [-0.4, -0.2) is 22.6 Å². The van der Waals surface area contributed by atoms with Crippen molar-refractivity contribution >= 4 is 11.4 Å². The van der Waals surface area contributed by atoms with Crippen LogP contribution in [-0.2, 0) is 0 Å². The minimum Gasteiger partial charge on any atom is -0.497 e. The number of H-pyrrole nitrogens is 1. The number of benzene rings is 4. The van der Waals surface area contributed by atoms with Crippen LogP contribution in [0.25, 0.3) is 28.1 Å². The van der Waals surface area contributed by atoms with Gasteiger partial charge in [-0.2, -0.15) is 0 Å². The number of hydrogen-bond acceptors (Lipinski definition) is 3. The Morgan fingerprint density at radius 3 is 2.19 bits per heavy atom. The maximum atomic E-state index is 13.7. The van der Waals surface area contributed by atoms with Crippen LogP contribution in [0.5, 0.6) is 5.75 Å². The third-order valence-corrected chi connectivity index (χ3v) is 5.99. The summed E-state index contributed by atoms with van der Waals surface area (Å²) in [7, 11) is 1.61. The van der Waals surface area contributed by atoms with Crippen LogP contribution in [0.3, 0.4) is 0 Å². The molecule has 5 nitrogen and oxygen atoms in total. The van der Waals surface area contributed by atoms with Crippen molar-refractivity contribution in [3.8, 4) is 33.8 Å². The minimum absolute atomic E-state index is 0.272. The Kier molecular flexibility index (Phi) is 6.33.